The highest BCUT2D eigenvalue weighted by atomic mass is 16.5. The van der Waals surface area contributed by atoms with Crippen LogP contribution in [0.1, 0.15) is 30.1 Å². The predicted molar refractivity (Wildman–Crippen MR) is 89.4 cm³/mol. The summed E-state index contributed by atoms with van der Waals surface area (Å²) in [4.78, 5) is 17.1. The van der Waals surface area contributed by atoms with E-state index in [1.807, 2.05) is 4.90 Å². The molecule has 0 saturated carbocycles. The Bertz CT molecular complexity index is 716. The molecule has 1 amide bonds. The average molecular weight is 313 g/mol. The molecular weight excluding hydrogens is 290 g/mol. The topological polar surface area (TPSA) is 57.4 Å². The van der Waals surface area contributed by atoms with Crippen LogP contribution in [0.5, 0.6) is 0 Å². The molecule has 1 fully saturated rings. The van der Waals surface area contributed by atoms with E-state index in [2.05, 4.69) is 34.6 Å². The standard InChI is InChI=1S/C18H23N3O2/c1-23-18(22)21-10-7-12(8-11-21)16-17-14(6-9-19-16)13-4-2-3-5-15(13)20-17/h2-5,12,16,19-20H,6-11H2,1H3. The van der Waals surface area contributed by atoms with Crippen molar-refractivity contribution in [1.29, 1.82) is 0 Å². The first-order valence-corrected chi connectivity index (χ1v) is 8.43. The molecule has 1 aromatic carbocycles. The van der Waals surface area contributed by atoms with Crippen molar-refractivity contribution in [2.75, 3.05) is 26.7 Å². The lowest BCUT2D eigenvalue weighted by atomic mass is 9.84. The molecule has 1 saturated heterocycles. The van der Waals surface area contributed by atoms with Gasteiger partial charge >= 0.3 is 6.09 Å². The van der Waals surface area contributed by atoms with Crippen LogP contribution in [-0.4, -0.2) is 42.7 Å². The van der Waals surface area contributed by atoms with E-state index in [0.717, 1.165) is 38.9 Å². The van der Waals surface area contributed by atoms with Gasteiger partial charge in [0.2, 0.25) is 0 Å². The number of carbonyl (C=O) groups is 1. The maximum Gasteiger partial charge on any atom is 0.409 e. The Labute approximate surface area is 136 Å². The quantitative estimate of drug-likeness (QED) is 0.851. The van der Waals surface area contributed by atoms with Gasteiger partial charge in [0, 0.05) is 29.7 Å². The van der Waals surface area contributed by atoms with E-state index in [1.54, 1.807) is 0 Å². The van der Waals surface area contributed by atoms with Gasteiger partial charge in [0.15, 0.2) is 0 Å². The van der Waals surface area contributed by atoms with E-state index in [1.165, 1.54) is 29.3 Å². The summed E-state index contributed by atoms with van der Waals surface area (Å²) in [5.41, 5.74) is 4.06. The molecule has 5 nitrogen and oxygen atoms in total. The van der Waals surface area contributed by atoms with Crippen molar-refractivity contribution in [3.05, 3.63) is 35.5 Å². The van der Waals surface area contributed by atoms with Crippen LogP contribution < -0.4 is 5.32 Å². The van der Waals surface area contributed by atoms with Gasteiger partial charge in [-0.2, -0.15) is 0 Å². The SMILES string of the molecule is COC(=O)N1CCC(C2NCCc3c2[nH]c2ccccc32)CC1. The van der Waals surface area contributed by atoms with Crippen molar-refractivity contribution < 1.29 is 9.53 Å². The Morgan fingerprint density at radius 2 is 2.04 bits per heavy atom. The van der Waals surface area contributed by atoms with Crippen molar-refractivity contribution in [2.24, 2.45) is 5.92 Å². The number of amides is 1. The van der Waals surface area contributed by atoms with E-state index in [4.69, 9.17) is 4.74 Å². The minimum Gasteiger partial charge on any atom is -0.453 e. The molecule has 2 N–H and O–H groups in total. The fourth-order valence-electron chi connectivity index (χ4n) is 4.16. The van der Waals surface area contributed by atoms with Gasteiger partial charge in [0.1, 0.15) is 0 Å². The molecule has 0 bridgehead atoms. The highest BCUT2D eigenvalue weighted by molar-refractivity contribution is 5.85. The second kappa shape index (κ2) is 5.89. The van der Waals surface area contributed by atoms with Crippen LogP contribution in [-0.2, 0) is 11.2 Å². The van der Waals surface area contributed by atoms with Gasteiger partial charge in [-0.1, -0.05) is 18.2 Å². The number of fused-ring (bicyclic) bond motifs is 3. The number of piperidine rings is 1. The molecule has 1 aromatic heterocycles. The third-order valence-electron chi connectivity index (χ3n) is 5.34. The molecule has 2 aliphatic heterocycles. The molecule has 2 aliphatic rings. The van der Waals surface area contributed by atoms with Crippen molar-refractivity contribution >= 4 is 17.0 Å². The molecular formula is C18H23N3O2. The third kappa shape index (κ3) is 2.49. The summed E-state index contributed by atoms with van der Waals surface area (Å²) in [6, 6.07) is 8.94. The average Bonchev–Trinajstić information content (AvgIpc) is 3.00. The van der Waals surface area contributed by atoms with Crippen molar-refractivity contribution in [2.45, 2.75) is 25.3 Å². The first-order chi connectivity index (χ1) is 11.3. The van der Waals surface area contributed by atoms with E-state index in [9.17, 15) is 4.79 Å². The van der Waals surface area contributed by atoms with Crippen molar-refractivity contribution in [3.63, 3.8) is 0 Å². The van der Waals surface area contributed by atoms with Crippen LogP contribution >= 0.6 is 0 Å². The van der Waals surface area contributed by atoms with Crippen LogP contribution in [0.25, 0.3) is 10.9 Å². The summed E-state index contributed by atoms with van der Waals surface area (Å²) < 4.78 is 4.83. The lowest BCUT2D eigenvalue weighted by molar-refractivity contribution is 0.0991. The molecule has 2 aromatic rings. The predicted octanol–water partition coefficient (Wildman–Crippen LogP) is 2.83. The molecule has 3 heterocycles. The molecule has 1 atom stereocenters. The highest BCUT2D eigenvalue weighted by Crippen LogP contribution is 2.37. The number of nitrogens with zero attached hydrogens (tertiary/aromatic N) is 1. The Kier molecular flexibility index (Phi) is 3.73. The van der Waals surface area contributed by atoms with Gasteiger partial charge in [-0.25, -0.2) is 4.79 Å². The van der Waals surface area contributed by atoms with Crippen LogP contribution in [0.2, 0.25) is 0 Å². The maximum absolute atomic E-state index is 11.6. The lowest BCUT2D eigenvalue weighted by Gasteiger charge is -2.37. The van der Waals surface area contributed by atoms with Gasteiger partial charge in [-0.15, -0.1) is 0 Å². The number of aromatic nitrogens is 1. The first-order valence-electron chi connectivity index (χ1n) is 8.43. The number of hydrogen-bond donors (Lipinski definition) is 2. The minimum atomic E-state index is -0.202. The number of H-pyrrole nitrogens is 1. The molecule has 0 spiro atoms. The van der Waals surface area contributed by atoms with Gasteiger partial charge < -0.3 is 19.9 Å². The summed E-state index contributed by atoms with van der Waals surface area (Å²) in [5.74, 6) is 0.558. The molecule has 1 unspecified atom stereocenters. The second-order valence-electron chi connectivity index (χ2n) is 6.54. The summed E-state index contributed by atoms with van der Waals surface area (Å²) in [6.45, 7) is 2.59. The Balaban J connectivity index is 1.57. The molecule has 122 valence electrons. The number of aromatic amines is 1. The van der Waals surface area contributed by atoms with Gasteiger partial charge in [0.05, 0.1) is 13.2 Å². The van der Waals surface area contributed by atoms with Gasteiger partial charge in [-0.05, 0) is 43.4 Å². The number of hydrogen-bond acceptors (Lipinski definition) is 3. The van der Waals surface area contributed by atoms with Crippen LogP contribution in [0.4, 0.5) is 4.79 Å². The monoisotopic (exact) mass is 313 g/mol. The number of likely N-dealkylation sites (tertiary alicyclic amines) is 1. The van der Waals surface area contributed by atoms with Gasteiger partial charge in [-0.3, -0.25) is 0 Å². The van der Waals surface area contributed by atoms with Crippen LogP contribution in [0.3, 0.4) is 0 Å². The number of carbonyl (C=O) groups excluding carboxylic acids is 1. The van der Waals surface area contributed by atoms with E-state index in [-0.39, 0.29) is 6.09 Å². The Hall–Kier alpha value is -2.01. The van der Waals surface area contributed by atoms with Crippen LogP contribution in [0.15, 0.2) is 24.3 Å². The minimum absolute atomic E-state index is 0.202. The third-order valence-corrected chi connectivity index (χ3v) is 5.34. The maximum atomic E-state index is 11.6. The normalized spacial score (nSPS) is 22.1. The first kappa shape index (κ1) is 14.6. The van der Waals surface area contributed by atoms with E-state index >= 15 is 0 Å². The zero-order valence-electron chi connectivity index (χ0n) is 13.5. The molecule has 0 radical (unpaired) electrons. The summed E-state index contributed by atoms with van der Waals surface area (Å²) in [6.07, 6.45) is 2.91. The highest BCUT2D eigenvalue weighted by Gasteiger charge is 2.33. The summed E-state index contributed by atoms with van der Waals surface area (Å²) in [7, 11) is 1.45. The zero-order chi connectivity index (χ0) is 15.8. The van der Waals surface area contributed by atoms with E-state index < -0.39 is 0 Å². The number of nitrogens with one attached hydrogen (secondary N) is 2. The second-order valence-corrected chi connectivity index (χ2v) is 6.54. The number of benzene rings is 1. The van der Waals surface area contributed by atoms with Crippen LogP contribution in [0, 0.1) is 5.92 Å². The van der Waals surface area contributed by atoms with Gasteiger partial charge in [0.25, 0.3) is 0 Å². The number of ether oxygens (including phenoxy) is 1. The fraction of sp³-hybridized carbons (Fsp3) is 0.500. The molecule has 4 rings (SSSR count). The summed E-state index contributed by atoms with van der Waals surface area (Å²) in [5, 5.41) is 5.06. The summed E-state index contributed by atoms with van der Waals surface area (Å²) >= 11 is 0. The van der Waals surface area contributed by atoms with Crippen molar-refractivity contribution in [1.82, 2.24) is 15.2 Å². The lowest BCUT2D eigenvalue weighted by Crippen LogP contribution is -2.43. The largest absolute Gasteiger partial charge is 0.453 e. The van der Waals surface area contributed by atoms with Crippen molar-refractivity contribution in [3.8, 4) is 0 Å². The molecule has 23 heavy (non-hydrogen) atoms. The Morgan fingerprint density at radius 1 is 1.26 bits per heavy atom. The van der Waals surface area contributed by atoms with E-state index in [0.29, 0.717) is 12.0 Å². The zero-order valence-corrected chi connectivity index (χ0v) is 13.5. The Morgan fingerprint density at radius 3 is 2.83 bits per heavy atom. The smallest absolute Gasteiger partial charge is 0.409 e. The molecule has 5 heteroatoms. The number of methoxy groups -OCH3 is 1. The number of para-hydroxylation sites is 1. The number of rotatable bonds is 1. The molecule has 0 aliphatic carbocycles. The fourth-order valence-corrected chi connectivity index (χ4v) is 4.16.